The van der Waals surface area contributed by atoms with Gasteiger partial charge in [-0.15, -0.1) is 0 Å². The third-order valence-corrected chi connectivity index (χ3v) is 6.13. The van der Waals surface area contributed by atoms with Crippen LogP contribution in [0.5, 0.6) is 0 Å². The van der Waals surface area contributed by atoms with E-state index in [9.17, 15) is 0 Å². The summed E-state index contributed by atoms with van der Waals surface area (Å²) in [4.78, 5) is 9.08. The second kappa shape index (κ2) is 10.7. The van der Waals surface area contributed by atoms with Crippen molar-refractivity contribution in [3.05, 3.63) is 145 Å². The van der Waals surface area contributed by atoms with Crippen LogP contribution in [0.3, 0.4) is 0 Å². The normalized spacial score (nSPS) is 11.9. The van der Waals surface area contributed by atoms with Gasteiger partial charge in [-0.25, -0.2) is 4.99 Å². The Morgan fingerprint density at radius 3 is 1.39 bits per heavy atom. The maximum absolute atomic E-state index is 6.57. The number of nitrogens with two attached hydrogens (primary N) is 1. The molecule has 0 aliphatic carbocycles. The summed E-state index contributed by atoms with van der Waals surface area (Å²) in [6.07, 6.45) is 0. The summed E-state index contributed by atoms with van der Waals surface area (Å²) >= 11 is 0. The number of hydrogen-bond acceptors (Lipinski definition) is 1. The molecule has 5 rings (SSSR count). The maximum Gasteiger partial charge on any atom is 0.156 e. The van der Waals surface area contributed by atoms with E-state index in [1.807, 2.05) is 54.6 Å². The van der Waals surface area contributed by atoms with Crippen LogP contribution in [0.15, 0.2) is 143 Å². The quantitative estimate of drug-likeness (QED) is 0.212. The number of rotatable bonds is 5. The fraction of sp³-hybridized carbons (Fsp3) is 0.0303. The predicted octanol–water partition coefficient (Wildman–Crippen LogP) is 7.47. The molecule has 36 heavy (non-hydrogen) atoms. The molecule has 174 valence electrons. The van der Waals surface area contributed by atoms with Gasteiger partial charge in [0.2, 0.25) is 0 Å². The smallest absolute Gasteiger partial charge is 0.156 e. The molecule has 0 aliphatic rings. The fourth-order valence-electron chi connectivity index (χ4n) is 4.23. The van der Waals surface area contributed by atoms with Crippen LogP contribution in [0.25, 0.3) is 33.4 Å². The molecule has 0 atom stereocenters. The van der Waals surface area contributed by atoms with Crippen LogP contribution >= 0.6 is 0 Å². The van der Waals surface area contributed by atoms with E-state index >= 15 is 0 Å². The van der Waals surface area contributed by atoms with Gasteiger partial charge in [0.15, 0.2) is 5.84 Å². The zero-order valence-electron chi connectivity index (χ0n) is 20.2. The van der Waals surface area contributed by atoms with Gasteiger partial charge in [-0.2, -0.15) is 0 Å². The Morgan fingerprint density at radius 2 is 0.889 bits per heavy atom. The van der Waals surface area contributed by atoms with Gasteiger partial charge in [0.1, 0.15) is 5.84 Å². The summed E-state index contributed by atoms with van der Waals surface area (Å²) in [7, 11) is 1.74. The van der Waals surface area contributed by atoms with Crippen LogP contribution in [-0.4, -0.2) is 18.7 Å². The lowest BCUT2D eigenvalue weighted by Crippen LogP contribution is -2.16. The van der Waals surface area contributed by atoms with Crippen LogP contribution in [0, 0.1) is 0 Å². The number of hydrogen-bond donors (Lipinski definition) is 1. The Kier molecular flexibility index (Phi) is 6.81. The van der Waals surface area contributed by atoms with Crippen molar-refractivity contribution in [2.24, 2.45) is 15.7 Å². The molecule has 2 N–H and O–H groups in total. The number of benzene rings is 5. The lowest BCUT2D eigenvalue weighted by molar-refractivity contribution is 1.37. The second-order valence-corrected chi connectivity index (χ2v) is 8.52. The first-order valence-corrected chi connectivity index (χ1v) is 11.9. The van der Waals surface area contributed by atoms with Gasteiger partial charge in [0.05, 0.1) is 0 Å². The summed E-state index contributed by atoms with van der Waals surface area (Å²) in [5, 5.41) is 0. The van der Waals surface area contributed by atoms with E-state index < -0.39 is 0 Å². The van der Waals surface area contributed by atoms with Crippen LogP contribution in [0.4, 0.5) is 0 Å². The first kappa shape index (κ1) is 23.0. The largest absolute Gasteiger partial charge is 0.383 e. The molecule has 0 fully saturated rings. The first-order chi connectivity index (χ1) is 17.7. The monoisotopic (exact) mass is 465 g/mol. The Balaban J connectivity index is 1.57. The zero-order valence-corrected chi connectivity index (χ0v) is 20.2. The number of amidine groups is 2. The molecule has 0 amide bonds. The molecule has 0 aliphatic heterocycles. The summed E-state index contributed by atoms with van der Waals surface area (Å²) in [5.41, 5.74) is 15.2. The highest BCUT2D eigenvalue weighted by Crippen LogP contribution is 2.30. The molecule has 5 aromatic carbocycles. The number of aliphatic imine (C=N–C) groups is 2. The topological polar surface area (TPSA) is 50.7 Å². The van der Waals surface area contributed by atoms with E-state index in [1.54, 1.807) is 7.05 Å². The van der Waals surface area contributed by atoms with Crippen molar-refractivity contribution < 1.29 is 0 Å². The summed E-state index contributed by atoms with van der Waals surface area (Å²) in [6.45, 7) is 0. The van der Waals surface area contributed by atoms with E-state index in [-0.39, 0.29) is 0 Å². The maximum atomic E-state index is 6.57. The molecular formula is C33H27N3. The van der Waals surface area contributed by atoms with Crippen molar-refractivity contribution in [2.75, 3.05) is 7.05 Å². The molecule has 0 heterocycles. The molecule has 0 aromatic heterocycles. The summed E-state index contributed by atoms with van der Waals surface area (Å²) in [5.74, 6) is 1.03. The molecule has 0 unspecified atom stereocenters. The van der Waals surface area contributed by atoms with Crippen molar-refractivity contribution in [1.82, 2.24) is 0 Å². The van der Waals surface area contributed by atoms with Crippen molar-refractivity contribution >= 4 is 11.7 Å². The van der Waals surface area contributed by atoms with Gasteiger partial charge in [-0.05, 0) is 51.6 Å². The molecule has 0 saturated heterocycles. The molecule has 5 aromatic rings. The molecular weight excluding hydrogens is 438 g/mol. The third-order valence-electron chi connectivity index (χ3n) is 6.13. The minimum absolute atomic E-state index is 0.430. The van der Waals surface area contributed by atoms with Gasteiger partial charge in [-0.1, -0.05) is 115 Å². The van der Waals surface area contributed by atoms with Crippen molar-refractivity contribution in [2.45, 2.75) is 0 Å². The van der Waals surface area contributed by atoms with Gasteiger partial charge in [0.25, 0.3) is 0 Å². The molecule has 0 saturated carbocycles. The number of nitrogens with zero attached hydrogens (tertiary/aromatic N) is 2. The van der Waals surface area contributed by atoms with Crippen LogP contribution < -0.4 is 5.73 Å². The van der Waals surface area contributed by atoms with E-state index in [2.05, 4.69) is 83.9 Å². The third kappa shape index (κ3) is 5.16. The summed E-state index contributed by atoms with van der Waals surface area (Å²) in [6, 6.07) is 45.7. The Morgan fingerprint density at radius 1 is 0.472 bits per heavy atom. The Hall–Kier alpha value is -4.76. The average molecular weight is 466 g/mol. The van der Waals surface area contributed by atoms with Gasteiger partial charge in [0, 0.05) is 18.2 Å². The van der Waals surface area contributed by atoms with Crippen LogP contribution in [-0.2, 0) is 0 Å². The SMILES string of the molecule is CN=C(N=C(N)c1cc(-c2ccccc2)cc(-c2ccc(-c3ccccc3)cc2)c1)c1ccccc1. The zero-order chi connectivity index (χ0) is 24.7. The van der Waals surface area contributed by atoms with Gasteiger partial charge >= 0.3 is 0 Å². The molecule has 3 nitrogen and oxygen atoms in total. The van der Waals surface area contributed by atoms with Crippen LogP contribution in [0.2, 0.25) is 0 Å². The lowest BCUT2D eigenvalue weighted by Gasteiger charge is -2.12. The molecule has 3 heteroatoms. The van der Waals surface area contributed by atoms with Gasteiger partial charge < -0.3 is 5.73 Å². The standard InChI is InChI=1S/C33H27N3/c1-35-33(28-15-9-4-10-16-28)36-32(34)31-22-29(25-13-7-3-8-14-25)21-30(23-31)27-19-17-26(18-20-27)24-11-5-2-6-12-24/h2-23H,1H3,(H2,34,35,36). The highest BCUT2D eigenvalue weighted by atomic mass is 14.9. The van der Waals surface area contributed by atoms with Crippen molar-refractivity contribution in [1.29, 1.82) is 0 Å². The second-order valence-electron chi connectivity index (χ2n) is 8.52. The van der Waals surface area contributed by atoms with Crippen LogP contribution in [0.1, 0.15) is 11.1 Å². The van der Waals surface area contributed by atoms with E-state index in [4.69, 9.17) is 10.7 Å². The van der Waals surface area contributed by atoms with E-state index in [0.717, 1.165) is 33.4 Å². The van der Waals surface area contributed by atoms with E-state index in [1.165, 1.54) is 11.1 Å². The molecule has 0 bridgehead atoms. The Bertz CT molecular complexity index is 1500. The lowest BCUT2D eigenvalue weighted by atomic mass is 9.94. The minimum Gasteiger partial charge on any atom is -0.383 e. The fourth-order valence-corrected chi connectivity index (χ4v) is 4.23. The summed E-state index contributed by atoms with van der Waals surface area (Å²) < 4.78 is 0. The molecule has 0 radical (unpaired) electrons. The first-order valence-electron chi connectivity index (χ1n) is 11.9. The van der Waals surface area contributed by atoms with Gasteiger partial charge in [-0.3, -0.25) is 4.99 Å². The highest BCUT2D eigenvalue weighted by molar-refractivity contribution is 6.11. The molecule has 0 spiro atoms. The highest BCUT2D eigenvalue weighted by Gasteiger charge is 2.10. The average Bonchev–Trinajstić information content (AvgIpc) is 2.97. The van der Waals surface area contributed by atoms with E-state index in [0.29, 0.717) is 11.7 Å². The Labute approximate surface area is 212 Å². The predicted molar refractivity (Wildman–Crippen MR) is 152 cm³/mol. The minimum atomic E-state index is 0.430. The van der Waals surface area contributed by atoms with Crippen molar-refractivity contribution in [3.8, 4) is 33.4 Å². The van der Waals surface area contributed by atoms with Crippen molar-refractivity contribution in [3.63, 3.8) is 0 Å².